The van der Waals surface area contributed by atoms with Crippen molar-refractivity contribution in [1.82, 2.24) is 29.6 Å². The Morgan fingerprint density at radius 3 is 2.46 bits per heavy atom. The van der Waals surface area contributed by atoms with Crippen LogP contribution in [-0.2, 0) is 34.7 Å². The van der Waals surface area contributed by atoms with Crippen molar-refractivity contribution >= 4 is 26.5 Å². The van der Waals surface area contributed by atoms with Gasteiger partial charge in [-0.1, -0.05) is 18.2 Å². The first-order chi connectivity index (χ1) is 17.7. The number of hydrogen-bond acceptors (Lipinski definition) is 6. The van der Waals surface area contributed by atoms with Crippen molar-refractivity contribution in [2.75, 3.05) is 6.26 Å². The molecular weight excluding hydrogens is 493 g/mol. The molecule has 3 heterocycles. The molecule has 0 bridgehead atoms. The van der Waals surface area contributed by atoms with E-state index in [2.05, 4.69) is 20.4 Å². The topological polar surface area (TPSA) is 119 Å². The van der Waals surface area contributed by atoms with Crippen LogP contribution in [0.1, 0.15) is 5.69 Å². The molecule has 0 spiro atoms. The monoisotopic (exact) mass is 517 g/mol. The fourth-order valence-electron chi connectivity index (χ4n) is 4.12. The lowest BCUT2D eigenvalue weighted by Crippen LogP contribution is -2.27. The molecule has 0 aliphatic carbocycles. The summed E-state index contributed by atoms with van der Waals surface area (Å²) in [6.07, 6.45) is 4.53. The molecule has 3 aromatic heterocycles. The number of rotatable bonds is 7. The van der Waals surface area contributed by atoms with Crippen LogP contribution in [0.15, 0.2) is 78.1 Å². The summed E-state index contributed by atoms with van der Waals surface area (Å²) in [4.78, 5) is 22.1. The highest BCUT2D eigenvalue weighted by Gasteiger charge is 2.17. The van der Waals surface area contributed by atoms with E-state index >= 15 is 0 Å². The number of aryl methyl sites for hydroxylation is 1. The number of carbonyl (C=O) groups is 1. The molecule has 1 atom stereocenters. The van der Waals surface area contributed by atoms with E-state index in [0.717, 1.165) is 11.1 Å². The van der Waals surface area contributed by atoms with Gasteiger partial charge >= 0.3 is 0 Å². The number of aromatic nitrogens is 5. The molecule has 0 saturated carbocycles. The molecule has 5 aromatic rings. The lowest BCUT2D eigenvalue weighted by molar-refractivity contribution is -0.121. The molecule has 0 radical (unpaired) electrons. The third kappa shape index (κ3) is 5.12. The molecule has 1 unspecified atom stereocenters. The Labute approximate surface area is 213 Å². The number of carbonyl (C=O) groups excluding carboxylic acids is 1. The Kier molecular flexibility index (Phi) is 6.30. The third-order valence-electron chi connectivity index (χ3n) is 6.03. The number of hydrogen-bond donors (Lipinski definition) is 2. The van der Waals surface area contributed by atoms with Crippen LogP contribution in [0.4, 0.5) is 4.39 Å². The Morgan fingerprint density at radius 2 is 1.81 bits per heavy atom. The van der Waals surface area contributed by atoms with Crippen molar-refractivity contribution in [3.05, 3.63) is 84.7 Å². The fourth-order valence-corrected chi connectivity index (χ4v) is 4.78. The molecule has 0 saturated heterocycles. The minimum atomic E-state index is -2.76. The first kappa shape index (κ1) is 24.3. The summed E-state index contributed by atoms with van der Waals surface area (Å²) in [6.45, 7) is 0.250. The largest absolute Gasteiger partial charge is 0.349 e. The van der Waals surface area contributed by atoms with Crippen LogP contribution in [0, 0.1) is 10.6 Å². The minimum absolute atomic E-state index is 0.0123. The maximum Gasteiger partial charge on any atom is 0.240 e. The number of nitrogens with one attached hydrogen (secondary N) is 2. The average molecular weight is 518 g/mol. The van der Waals surface area contributed by atoms with E-state index in [1.54, 1.807) is 46.8 Å². The molecule has 0 fully saturated rings. The van der Waals surface area contributed by atoms with Gasteiger partial charge in [0.15, 0.2) is 5.82 Å². The van der Waals surface area contributed by atoms with E-state index in [4.69, 9.17) is 4.78 Å². The highest BCUT2D eigenvalue weighted by Crippen LogP contribution is 2.27. The highest BCUT2D eigenvalue weighted by molar-refractivity contribution is 7.91. The smallest absolute Gasteiger partial charge is 0.240 e. The molecule has 2 aromatic carbocycles. The molecule has 9 nitrogen and oxygen atoms in total. The summed E-state index contributed by atoms with van der Waals surface area (Å²) in [5.74, 6) is -0.0190. The van der Waals surface area contributed by atoms with Crippen molar-refractivity contribution in [2.45, 2.75) is 18.0 Å². The lowest BCUT2D eigenvalue weighted by Gasteiger charge is -2.11. The van der Waals surface area contributed by atoms with Gasteiger partial charge in [0, 0.05) is 40.9 Å². The number of amides is 1. The second-order valence-corrected chi connectivity index (χ2v) is 10.9. The molecular formula is C26H24FN7O2S. The van der Waals surface area contributed by atoms with Crippen molar-refractivity contribution in [1.29, 1.82) is 4.78 Å². The summed E-state index contributed by atoms with van der Waals surface area (Å²) < 4.78 is 36.8. The lowest BCUT2D eigenvalue weighted by atomic mass is 10.1. The molecule has 188 valence electrons. The molecule has 1 amide bonds. The van der Waals surface area contributed by atoms with Crippen LogP contribution >= 0.6 is 0 Å². The number of nitrogens with zero attached hydrogens (tertiary/aromatic N) is 5. The second-order valence-electron chi connectivity index (χ2n) is 8.71. The van der Waals surface area contributed by atoms with Gasteiger partial charge in [0.05, 0.1) is 27.7 Å². The zero-order valence-electron chi connectivity index (χ0n) is 20.2. The Bertz CT molecular complexity index is 1710. The Morgan fingerprint density at radius 1 is 1.05 bits per heavy atom. The maximum absolute atomic E-state index is 13.8. The van der Waals surface area contributed by atoms with E-state index in [0.29, 0.717) is 33.0 Å². The van der Waals surface area contributed by atoms with Gasteiger partial charge in [0.25, 0.3) is 0 Å². The maximum atomic E-state index is 13.8. The van der Waals surface area contributed by atoms with Gasteiger partial charge in [-0.05, 0) is 48.0 Å². The predicted molar refractivity (Wildman–Crippen MR) is 138 cm³/mol. The summed E-state index contributed by atoms with van der Waals surface area (Å²) in [5, 5.41) is 7.67. The standard InChI is InChI=1S/C26H24FN7O2S/c1-33-26(31-16-32-33)24-12-19-11-20(27)6-10-23(19)34(24)15-25(35)30-14-21-7-3-18(13-29-21)17-4-8-22(9-5-17)37(2,28)36/h3-13,16,28H,14-15H2,1-2H3,(H,30,35). The molecule has 0 aliphatic rings. The van der Waals surface area contributed by atoms with Crippen LogP contribution in [0.5, 0.6) is 0 Å². The molecule has 11 heteroatoms. The van der Waals surface area contributed by atoms with E-state index in [1.807, 2.05) is 24.3 Å². The highest BCUT2D eigenvalue weighted by atomic mass is 32.2. The van der Waals surface area contributed by atoms with Gasteiger partial charge in [-0.25, -0.2) is 23.0 Å². The molecule has 0 aliphatic heterocycles. The van der Waals surface area contributed by atoms with Gasteiger partial charge in [-0.2, -0.15) is 5.10 Å². The van der Waals surface area contributed by atoms with E-state index in [-0.39, 0.29) is 24.8 Å². The first-order valence-corrected chi connectivity index (χ1v) is 13.3. The summed E-state index contributed by atoms with van der Waals surface area (Å²) in [6, 6.07) is 17.0. The van der Waals surface area contributed by atoms with E-state index < -0.39 is 9.73 Å². The number of pyridine rings is 1. The van der Waals surface area contributed by atoms with Gasteiger partial charge in [0.1, 0.15) is 18.7 Å². The third-order valence-corrected chi connectivity index (χ3v) is 7.21. The molecule has 2 N–H and O–H groups in total. The van der Waals surface area contributed by atoms with Gasteiger partial charge < -0.3 is 9.88 Å². The fraction of sp³-hybridized carbons (Fsp3) is 0.154. The minimum Gasteiger partial charge on any atom is -0.349 e. The zero-order valence-corrected chi connectivity index (χ0v) is 21.0. The van der Waals surface area contributed by atoms with Crippen molar-refractivity contribution in [2.24, 2.45) is 7.05 Å². The van der Waals surface area contributed by atoms with Gasteiger partial charge in [0.2, 0.25) is 5.91 Å². The molecule has 37 heavy (non-hydrogen) atoms. The normalized spacial score (nSPS) is 12.9. The number of fused-ring (bicyclic) bond motifs is 1. The van der Waals surface area contributed by atoms with Crippen LogP contribution in [-0.4, -0.2) is 40.7 Å². The summed E-state index contributed by atoms with van der Waals surface area (Å²) >= 11 is 0. The average Bonchev–Trinajstić information content (AvgIpc) is 3.45. The van der Waals surface area contributed by atoms with Crippen LogP contribution in [0.3, 0.4) is 0 Å². The van der Waals surface area contributed by atoms with Crippen molar-refractivity contribution in [3.63, 3.8) is 0 Å². The summed E-state index contributed by atoms with van der Waals surface area (Å²) in [5.41, 5.74) is 3.82. The summed E-state index contributed by atoms with van der Waals surface area (Å²) in [7, 11) is -1.00. The molecule has 5 rings (SSSR count). The Balaban J connectivity index is 1.30. The SMILES string of the molecule is Cn1ncnc1-c1cc2cc(F)ccc2n1CC(=O)NCc1ccc(-c2ccc(S(C)(=N)=O)cc2)cn1. The van der Waals surface area contributed by atoms with Crippen LogP contribution < -0.4 is 5.32 Å². The number of halogens is 1. The predicted octanol–water partition coefficient (Wildman–Crippen LogP) is 3.99. The zero-order chi connectivity index (χ0) is 26.2. The van der Waals surface area contributed by atoms with Crippen molar-refractivity contribution in [3.8, 4) is 22.6 Å². The first-order valence-electron chi connectivity index (χ1n) is 11.4. The van der Waals surface area contributed by atoms with E-state index in [1.165, 1.54) is 24.7 Å². The van der Waals surface area contributed by atoms with Gasteiger partial charge in [-0.15, -0.1) is 0 Å². The Hall–Kier alpha value is -4.38. The van der Waals surface area contributed by atoms with Crippen LogP contribution in [0.25, 0.3) is 33.5 Å². The van der Waals surface area contributed by atoms with Crippen molar-refractivity contribution < 1.29 is 13.4 Å². The quantitative estimate of drug-likeness (QED) is 0.338. The van der Waals surface area contributed by atoms with Gasteiger partial charge in [-0.3, -0.25) is 9.78 Å². The number of benzene rings is 2. The van der Waals surface area contributed by atoms with Crippen LogP contribution in [0.2, 0.25) is 0 Å². The second kappa shape index (κ2) is 9.58. The van der Waals surface area contributed by atoms with E-state index in [9.17, 15) is 13.4 Å².